The summed E-state index contributed by atoms with van der Waals surface area (Å²) >= 11 is 0. The monoisotopic (exact) mass is 370 g/mol. The fourth-order valence-corrected chi connectivity index (χ4v) is 2.69. The van der Waals surface area contributed by atoms with E-state index in [2.05, 4.69) is 0 Å². The van der Waals surface area contributed by atoms with Gasteiger partial charge in [0.05, 0.1) is 6.54 Å². The van der Waals surface area contributed by atoms with Crippen molar-refractivity contribution in [1.29, 1.82) is 0 Å². The highest BCUT2D eigenvalue weighted by molar-refractivity contribution is 6.07. The Morgan fingerprint density at radius 1 is 0.846 bits per heavy atom. The summed E-state index contributed by atoms with van der Waals surface area (Å²) in [5, 5.41) is 0. The molecule has 0 aromatic rings. The SMILES string of the molecule is CC(C)C1C(=O)N(CC(C(N)=O)C(N)=O)C(=O)N1CC(C(N)=O)C(N)=O. The molecule has 0 aliphatic carbocycles. The lowest BCUT2D eigenvalue weighted by molar-refractivity contribution is -0.136. The number of urea groups is 1. The molecule has 1 saturated heterocycles. The normalized spacial score (nSPS) is 17.5. The van der Waals surface area contributed by atoms with Gasteiger partial charge >= 0.3 is 6.03 Å². The Labute approximate surface area is 148 Å². The van der Waals surface area contributed by atoms with Crippen molar-refractivity contribution in [3.63, 3.8) is 0 Å². The van der Waals surface area contributed by atoms with E-state index in [0.717, 1.165) is 4.90 Å². The maximum absolute atomic E-state index is 12.6. The standard InChI is InChI=1S/C14H22N6O6/c1-5(2)8-13(25)20(4-7(11(17)23)12(18)24)14(26)19(8)3-6(9(15)21)10(16)22/h5-8H,3-4H2,1-2H3,(H2,15,21)(H2,16,22)(H2,17,23)(H2,18,24). The van der Waals surface area contributed by atoms with Crippen LogP contribution < -0.4 is 22.9 Å². The molecular weight excluding hydrogens is 348 g/mol. The maximum atomic E-state index is 12.6. The van der Waals surface area contributed by atoms with Crippen LogP contribution in [0.4, 0.5) is 4.79 Å². The topological polar surface area (TPSA) is 213 Å². The van der Waals surface area contributed by atoms with Crippen molar-refractivity contribution in [3.05, 3.63) is 0 Å². The van der Waals surface area contributed by atoms with Crippen molar-refractivity contribution in [2.75, 3.05) is 13.1 Å². The number of nitrogens with zero attached hydrogens (tertiary/aromatic N) is 2. The van der Waals surface area contributed by atoms with Crippen molar-refractivity contribution < 1.29 is 28.8 Å². The van der Waals surface area contributed by atoms with Gasteiger partial charge in [0.2, 0.25) is 23.6 Å². The van der Waals surface area contributed by atoms with E-state index in [4.69, 9.17) is 22.9 Å². The van der Waals surface area contributed by atoms with Crippen LogP contribution in [-0.2, 0) is 24.0 Å². The first-order valence-electron chi connectivity index (χ1n) is 7.69. The van der Waals surface area contributed by atoms with E-state index >= 15 is 0 Å². The summed E-state index contributed by atoms with van der Waals surface area (Å²) in [4.78, 5) is 72.3. The molecule has 0 aromatic heterocycles. The zero-order valence-electron chi connectivity index (χ0n) is 14.4. The fourth-order valence-electron chi connectivity index (χ4n) is 2.69. The first kappa shape index (κ1) is 20.9. The van der Waals surface area contributed by atoms with Gasteiger partial charge in [0.25, 0.3) is 5.91 Å². The van der Waals surface area contributed by atoms with E-state index in [0.29, 0.717) is 4.90 Å². The van der Waals surface area contributed by atoms with Crippen molar-refractivity contribution in [1.82, 2.24) is 9.80 Å². The van der Waals surface area contributed by atoms with E-state index in [9.17, 15) is 28.8 Å². The third kappa shape index (κ3) is 4.07. The van der Waals surface area contributed by atoms with Gasteiger partial charge in [-0.3, -0.25) is 28.9 Å². The van der Waals surface area contributed by atoms with Gasteiger partial charge in [-0.05, 0) is 5.92 Å². The number of hydrogen-bond donors (Lipinski definition) is 4. The van der Waals surface area contributed by atoms with E-state index in [1.807, 2.05) is 0 Å². The summed E-state index contributed by atoms with van der Waals surface area (Å²) in [5.74, 6) is -8.48. The molecule has 144 valence electrons. The van der Waals surface area contributed by atoms with Crippen LogP contribution in [0.5, 0.6) is 0 Å². The van der Waals surface area contributed by atoms with Gasteiger partial charge in [-0.25, -0.2) is 4.79 Å². The lowest BCUT2D eigenvalue weighted by Crippen LogP contribution is -2.48. The number of primary amides is 4. The van der Waals surface area contributed by atoms with E-state index in [1.54, 1.807) is 13.8 Å². The number of carbonyl (C=O) groups excluding carboxylic acids is 6. The molecule has 1 fully saturated rings. The summed E-state index contributed by atoms with van der Waals surface area (Å²) in [6, 6.07) is -1.95. The molecular formula is C14H22N6O6. The van der Waals surface area contributed by atoms with E-state index in [-0.39, 0.29) is 0 Å². The fraction of sp³-hybridized carbons (Fsp3) is 0.571. The first-order valence-corrected chi connectivity index (χ1v) is 7.69. The maximum Gasteiger partial charge on any atom is 0.327 e. The molecule has 12 nitrogen and oxygen atoms in total. The van der Waals surface area contributed by atoms with Crippen LogP contribution in [0.15, 0.2) is 0 Å². The van der Waals surface area contributed by atoms with Crippen LogP contribution >= 0.6 is 0 Å². The smallest absolute Gasteiger partial charge is 0.327 e. The Bertz CT molecular complexity index is 634. The van der Waals surface area contributed by atoms with Gasteiger partial charge in [0.15, 0.2) is 0 Å². The summed E-state index contributed by atoms with van der Waals surface area (Å²) in [6.07, 6.45) is 0. The lowest BCUT2D eigenvalue weighted by Gasteiger charge is -2.26. The summed E-state index contributed by atoms with van der Waals surface area (Å²) in [6.45, 7) is 2.12. The van der Waals surface area contributed by atoms with Gasteiger partial charge in [-0.1, -0.05) is 13.8 Å². The van der Waals surface area contributed by atoms with Crippen molar-refractivity contribution >= 4 is 35.6 Å². The molecule has 1 aliphatic rings. The largest absolute Gasteiger partial charge is 0.369 e. The molecule has 0 bridgehead atoms. The Morgan fingerprint density at radius 2 is 1.23 bits per heavy atom. The second-order valence-corrected chi connectivity index (χ2v) is 6.29. The summed E-state index contributed by atoms with van der Waals surface area (Å²) in [5.41, 5.74) is 20.4. The van der Waals surface area contributed by atoms with Crippen LogP contribution in [-0.4, -0.2) is 64.5 Å². The molecule has 26 heavy (non-hydrogen) atoms. The third-order valence-electron chi connectivity index (χ3n) is 4.08. The molecule has 1 unspecified atom stereocenters. The van der Waals surface area contributed by atoms with Gasteiger partial charge in [0.1, 0.15) is 17.9 Å². The van der Waals surface area contributed by atoms with E-state index in [1.165, 1.54) is 0 Å². The van der Waals surface area contributed by atoms with Crippen LogP contribution in [0.1, 0.15) is 13.8 Å². The average molecular weight is 370 g/mol. The third-order valence-corrected chi connectivity index (χ3v) is 4.08. The zero-order valence-corrected chi connectivity index (χ0v) is 14.4. The van der Waals surface area contributed by atoms with Crippen molar-refractivity contribution in [2.45, 2.75) is 19.9 Å². The molecule has 7 amide bonds. The molecule has 1 rings (SSSR count). The second-order valence-electron chi connectivity index (χ2n) is 6.29. The molecule has 8 N–H and O–H groups in total. The zero-order chi connectivity index (χ0) is 20.3. The highest BCUT2D eigenvalue weighted by atomic mass is 16.2. The van der Waals surface area contributed by atoms with Crippen LogP contribution in [0.2, 0.25) is 0 Å². The Balaban J connectivity index is 3.19. The number of rotatable bonds is 9. The quantitative estimate of drug-likeness (QED) is 0.238. The second kappa shape index (κ2) is 7.80. The predicted octanol–water partition coefficient (Wildman–Crippen LogP) is -3.55. The molecule has 1 aliphatic heterocycles. The first-order chi connectivity index (χ1) is 11.9. The Kier molecular flexibility index (Phi) is 6.26. The number of imide groups is 1. The molecule has 1 heterocycles. The minimum atomic E-state index is -1.57. The van der Waals surface area contributed by atoms with Crippen LogP contribution in [0, 0.1) is 17.8 Å². The number of carbonyl (C=O) groups is 6. The summed E-state index contributed by atoms with van der Waals surface area (Å²) < 4.78 is 0. The molecule has 12 heteroatoms. The molecule has 0 radical (unpaired) electrons. The number of nitrogens with two attached hydrogens (primary N) is 4. The predicted molar refractivity (Wildman–Crippen MR) is 86.2 cm³/mol. The minimum Gasteiger partial charge on any atom is -0.369 e. The van der Waals surface area contributed by atoms with Gasteiger partial charge < -0.3 is 27.8 Å². The summed E-state index contributed by atoms with van der Waals surface area (Å²) in [7, 11) is 0. The highest BCUT2D eigenvalue weighted by Gasteiger charge is 2.49. The minimum absolute atomic E-state index is 0.404. The van der Waals surface area contributed by atoms with E-state index < -0.39 is 72.5 Å². The van der Waals surface area contributed by atoms with Crippen molar-refractivity contribution in [3.8, 4) is 0 Å². The Hall–Kier alpha value is -3.18. The van der Waals surface area contributed by atoms with Gasteiger partial charge in [0, 0.05) is 6.54 Å². The van der Waals surface area contributed by atoms with Crippen LogP contribution in [0.25, 0.3) is 0 Å². The molecule has 0 spiro atoms. The van der Waals surface area contributed by atoms with Crippen LogP contribution in [0.3, 0.4) is 0 Å². The number of amides is 7. The van der Waals surface area contributed by atoms with Crippen molar-refractivity contribution in [2.24, 2.45) is 40.7 Å². The number of hydrogen-bond acceptors (Lipinski definition) is 6. The average Bonchev–Trinajstić information content (AvgIpc) is 2.71. The molecule has 0 saturated carbocycles. The lowest BCUT2D eigenvalue weighted by atomic mass is 10.0. The van der Waals surface area contributed by atoms with Gasteiger partial charge in [-0.2, -0.15) is 0 Å². The Morgan fingerprint density at radius 3 is 1.58 bits per heavy atom. The molecule has 1 atom stereocenters. The highest BCUT2D eigenvalue weighted by Crippen LogP contribution is 2.25. The van der Waals surface area contributed by atoms with Gasteiger partial charge in [-0.15, -0.1) is 0 Å². The molecule has 0 aromatic carbocycles.